The van der Waals surface area contributed by atoms with Crippen LogP contribution in [0.1, 0.15) is 37.4 Å². The molecule has 0 amide bonds. The summed E-state index contributed by atoms with van der Waals surface area (Å²) in [5.41, 5.74) is 7.30. The number of ether oxygens (including phenoxy) is 2. The van der Waals surface area contributed by atoms with Gasteiger partial charge in [-0.1, -0.05) is 38.1 Å². The Morgan fingerprint density at radius 1 is 1.16 bits per heavy atom. The molecule has 1 unspecified atom stereocenters. The highest BCUT2D eigenvalue weighted by atomic mass is 32.1. The first-order valence-corrected chi connectivity index (χ1v) is 13.7. The summed E-state index contributed by atoms with van der Waals surface area (Å²) in [6.45, 7) is 14.7. The first kappa shape index (κ1) is 25.9. The third kappa shape index (κ3) is 5.02. The fourth-order valence-electron chi connectivity index (χ4n) is 4.97. The number of rotatable bonds is 8. The number of hydrogen-bond acceptors (Lipinski definition) is 5. The van der Waals surface area contributed by atoms with Crippen LogP contribution >= 0.6 is 11.3 Å². The van der Waals surface area contributed by atoms with Gasteiger partial charge >= 0.3 is 0 Å². The van der Waals surface area contributed by atoms with Crippen molar-refractivity contribution in [1.82, 2.24) is 9.55 Å². The summed E-state index contributed by atoms with van der Waals surface area (Å²) in [5.74, 6) is 1.20. The van der Waals surface area contributed by atoms with Gasteiger partial charge in [-0.3, -0.25) is 4.79 Å². The van der Waals surface area contributed by atoms with Gasteiger partial charge in [0.2, 0.25) is 0 Å². The van der Waals surface area contributed by atoms with Gasteiger partial charge < -0.3 is 14.0 Å². The number of aromatic nitrogens is 2. The molecular formula is C31H31N3O3S. The van der Waals surface area contributed by atoms with Crippen LogP contribution in [0.4, 0.5) is 5.69 Å². The predicted octanol–water partition coefficient (Wildman–Crippen LogP) is 7.33. The standard InChI is InChI=1S/C31H31N3O3S/c1-19(2)27-13-22-14-30(37-12-6-11-36-5)25(15-24(22)28-16-29(35)20(3)17-34(27)28)26-18-38-31(33-26)21-7-9-23(32-4)10-8-21/h7-10,14-19,27H,6,11-13H2,1-3,5H3. The molecule has 1 aliphatic heterocycles. The van der Waals surface area contributed by atoms with Gasteiger partial charge in [0.15, 0.2) is 11.1 Å². The molecule has 0 radical (unpaired) electrons. The first-order valence-electron chi connectivity index (χ1n) is 12.8. The minimum atomic E-state index is 0.0480. The molecule has 0 aliphatic carbocycles. The van der Waals surface area contributed by atoms with Gasteiger partial charge in [0.25, 0.3) is 0 Å². The summed E-state index contributed by atoms with van der Waals surface area (Å²) in [6.07, 6.45) is 3.66. The van der Waals surface area contributed by atoms with E-state index in [1.165, 1.54) is 5.56 Å². The van der Waals surface area contributed by atoms with Gasteiger partial charge in [-0.2, -0.15) is 0 Å². The second-order valence-corrected chi connectivity index (χ2v) is 10.9. The van der Waals surface area contributed by atoms with E-state index < -0.39 is 0 Å². The third-order valence-electron chi connectivity index (χ3n) is 7.08. The zero-order valence-corrected chi connectivity index (χ0v) is 23.0. The highest BCUT2D eigenvalue weighted by Crippen LogP contribution is 2.44. The monoisotopic (exact) mass is 525 g/mol. The second kappa shape index (κ2) is 10.9. The Morgan fingerprint density at radius 2 is 1.95 bits per heavy atom. The average molecular weight is 526 g/mol. The Hall–Kier alpha value is -3.73. The van der Waals surface area contributed by atoms with Crippen LogP contribution in [-0.2, 0) is 11.2 Å². The molecule has 1 atom stereocenters. The fraction of sp³-hybridized carbons (Fsp3) is 0.323. The van der Waals surface area contributed by atoms with E-state index in [1.54, 1.807) is 24.5 Å². The number of thiazole rings is 1. The Balaban J connectivity index is 1.62. The van der Waals surface area contributed by atoms with Crippen molar-refractivity contribution in [3.05, 3.63) is 86.8 Å². The van der Waals surface area contributed by atoms with E-state index in [9.17, 15) is 4.79 Å². The van der Waals surface area contributed by atoms with Gasteiger partial charge in [0, 0.05) is 66.1 Å². The summed E-state index contributed by atoms with van der Waals surface area (Å²) in [5, 5.41) is 2.93. The SMILES string of the molecule is [C-]#[N+]c1ccc(-c2nc(-c3cc4c(cc3OCCCOC)CC(C(C)C)n3cc(C)c(=O)cc3-4)cs2)cc1. The van der Waals surface area contributed by atoms with Gasteiger partial charge in [-0.25, -0.2) is 9.83 Å². The molecule has 0 N–H and O–H groups in total. The summed E-state index contributed by atoms with van der Waals surface area (Å²) in [7, 11) is 1.69. The number of fused-ring (bicyclic) bond motifs is 3. The Kier molecular flexibility index (Phi) is 7.46. The highest BCUT2D eigenvalue weighted by Gasteiger charge is 2.28. The molecule has 0 saturated heterocycles. The summed E-state index contributed by atoms with van der Waals surface area (Å²) < 4.78 is 13.8. The minimum absolute atomic E-state index is 0.0480. The molecule has 1 aliphatic rings. The molecular weight excluding hydrogens is 494 g/mol. The molecule has 7 heteroatoms. The normalized spacial score (nSPS) is 14.2. The Labute approximate surface area is 227 Å². The Bertz CT molecular complexity index is 1560. The van der Waals surface area contributed by atoms with Crippen LogP contribution in [0.5, 0.6) is 5.75 Å². The van der Waals surface area contributed by atoms with Gasteiger partial charge in [0.05, 0.1) is 24.6 Å². The smallest absolute Gasteiger partial charge is 0.187 e. The van der Waals surface area contributed by atoms with Crippen LogP contribution in [0.2, 0.25) is 0 Å². The zero-order chi connectivity index (χ0) is 26.8. The van der Waals surface area contributed by atoms with Crippen LogP contribution in [0.25, 0.3) is 37.9 Å². The summed E-state index contributed by atoms with van der Waals surface area (Å²) >= 11 is 1.56. The molecule has 3 heterocycles. The maximum atomic E-state index is 12.7. The van der Waals surface area contributed by atoms with E-state index in [0.717, 1.165) is 57.2 Å². The molecule has 4 aromatic rings. The van der Waals surface area contributed by atoms with E-state index in [0.29, 0.717) is 24.8 Å². The quantitative estimate of drug-likeness (QED) is 0.178. The van der Waals surface area contributed by atoms with Gasteiger partial charge in [-0.05, 0) is 37.0 Å². The van der Waals surface area contributed by atoms with Crippen molar-refractivity contribution in [2.24, 2.45) is 5.92 Å². The zero-order valence-electron chi connectivity index (χ0n) is 22.2. The van der Waals surface area contributed by atoms with Crippen LogP contribution in [0.15, 0.2) is 58.8 Å². The maximum Gasteiger partial charge on any atom is 0.187 e. The molecule has 0 spiro atoms. The van der Waals surface area contributed by atoms with Crippen LogP contribution in [-0.4, -0.2) is 29.9 Å². The summed E-state index contributed by atoms with van der Waals surface area (Å²) in [6, 6.07) is 13.8. The van der Waals surface area contributed by atoms with Crippen molar-refractivity contribution in [2.75, 3.05) is 20.3 Å². The predicted molar refractivity (Wildman–Crippen MR) is 153 cm³/mol. The average Bonchev–Trinajstić information content (AvgIpc) is 3.41. The second-order valence-electron chi connectivity index (χ2n) is 10.0. The lowest BCUT2D eigenvalue weighted by Crippen LogP contribution is -2.26. The van der Waals surface area contributed by atoms with Crippen molar-refractivity contribution in [2.45, 2.75) is 39.7 Å². The van der Waals surface area contributed by atoms with Gasteiger partial charge in [0.1, 0.15) is 10.8 Å². The van der Waals surface area contributed by atoms with Crippen molar-refractivity contribution < 1.29 is 9.47 Å². The largest absolute Gasteiger partial charge is 0.493 e. The van der Waals surface area contributed by atoms with Crippen LogP contribution < -0.4 is 10.2 Å². The van der Waals surface area contributed by atoms with Crippen molar-refractivity contribution in [3.8, 4) is 38.8 Å². The number of hydrogen-bond donors (Lipinski definition) is 0. The number of nitrogens with zero attached hydrogens (tertiary/aromatic N) is 3. The first-order chi connectivity index (χ1) is 18.4. The third-order valence-corrected chi connectivity index (χ3v) is 7.97. The van der Waals surface area contributed by atoms with E-state index in [-0.39, 0.29) is 11.5 Å². The van der Waals surface area contributed by atoms with E-state index in [1.807, 2.05) is 42.8 Å². The molecule has 2 aromatic heterocycles. The minimum Gasteiger partial charge on any atom is -0.493 e. The molecule has 0 bridgehead atoms. The lowest BCUT2D eigenvalue weighted by atomic mass is 9.86. The number of benzene rings is 2. The molecule has 0 fully saturated rings. The molecule has 2 aromatic carbocycles. The van der Waals surface area contributed by atoms with Crippen LogP contribution in [0, 0.1) is 19.4 Å². The molecule has 194 valence electrons. The summed E-state index contributed by atoms with van der Waals surface area (Å²) in [4.78, 5) is 21.2. The molecule has 6 nitrogen and oxygen atoms in total. The maximum absolute atomic E-state index is 12.7. The van der Waals surface area contributed by atoms with Gasteiger partial charge in [-0.15, -0.1) is 11.3 Å². The lowest BCUT2D eigenvalue weighted by Gasteiger charge is -2.34. The van der Waals surface area contributed by atoms with E-state index in [2.05, 4.69) is 35.4 Å². The number of pyridine rings is 1. The topological polar surface area (TPSA) is 57.7 Å². The lowest BCUT2D eigenvalue weighted by molar-refractivity contribution is 0.172. The van der Waals surface area contributed by atoms with E-state index in [4.69, 9.17) is 21.0 Å². The van der Waals surface area contributed by atoms with Crippen molar-refractivity contribution >= 4 is 17.0 Å². The van der Waals surface area contributed by atoms with E-state index >= 15 is 0 Å². The number of methoxy groups -OCH3 is 1. The molecule has 5 rings (SSSR count). The fourth-order valence-corrected chi connectivity index (χ4v) is 5.80. The van der Waals surface area contributed by atoms with Crippen molar-refractivity contribution in [1.29, 1.82) is 0 Å². The molecule has 38 heavy (non-hydrogen) atoms. The number of aryl methyl sites for hydroxylation is 1. The molecule has 0 saturated carbocycles. The van der Waals surface area contributed by atoms with Crippen molar-refractivity contribution in [3.63, 3.8) is 0 Å². The Morgan fingerprint density at radius 3 is 2.66 bits per heavy atom. The van der Waals surface area contributed by atoms with Crippen LogP contribution in [0.3, 0.4) is 0 Å². The highest BCUT2D eigenvalue weighted by molar-refractivity contribution is 7.13.